The van der Waals surface area contributed by atoms with Crippen molar-refractivity contribution >= 4 is 11.4 Å². The zero-order chi connectivity index (χ0) is 13.8. The van der Waals surface area contributed by atoms with E-state index >= 15 is 0 Å². The number of anilines is 2. The van der Waals surface area contributed by atoms with Gasteiger partial charge in [0, 0.05) is 29.5 Å². The lowest BCUT2D eigenvalue weighted by atomic mass is 9.87. The Morgan fingerprint density at radius 1 is 1.26 bits per heavy atom. The molecule has 0 amide bonds. The van der Waals surface area contributed by atoms with E-state index in [9.17, 15) is 0 Å². The number of benzene rings is 1. The zero-order valence-electron chi connectivity index (χ0n) is 12.3. The maximum absolute atomic E-state index is 5.95. The summed E-state index contributed by atoms with van der Waals surface area (Å²) in [5.74, 6) is 1.67. The van der Waals surface area contributed by atoms with Crippen LogP contribution in [-0.4, -0.2) is 12.1 Å². The third kappa shape index (κ3) is 4.34. The molecule has 2 unspecified atom stereocenters. The molecule has 2 atom stereocenters. The third-order valence-electron chi connectivity index (χ3n) is 3.61. The molecule has 0 aliphatic heterocycles. The Hall–Kier alpha value is -1.38. The highest BCUT2D eigenvalue weighted by molar-refractivity contribution is 5.59. The first-order valence-electron chi connectivity index (χ1n) is 7.36. The molecule has 0 spiro atoms. The second kappa shape index (κ2) is 6.18. The molecule has 3 N–H and O–H groups in total. The average molecular weight is 262 g/mol. The topological polar surface area (TPSA) is 47.3 Å². The lowest BCUT2D eigenvalue weighted by Gasteiger charge is -2.28. The predicted molar refractivity (Wildman–Crippen MR) is 81.7 cm³/mol. The maximum Gasteiger partial charge on any atom is 0.123 e. The summed E-state index contributed by atoms with van der Waals surface area (Å²) in [6.45, 7) is 6.39. The summed E-state index contributed by atoms with van der Waals surface area (Å²) in [5, 5.41) is 3.61. The fourth-order valence-electron chi connectivity index (χ4n) is 2.85. The van der Waals surface area contributed by atoms with Crippen molar-refractivity contribution < 1.29 is 4.74 Å². The van der Waals surface area contributed by atoms with Crippen molar-refractivity contribution in [2.45, 2.75) is 58.6 Å². The van der Waals surface area contributed by atoms with E-state index in [1.54, 1.807) is 0 Å². The van der Waals surface area contributed by atoms with Crippen LogP contribution in [-0.2, 0) is 0 Å². The number of hydrogen-bond acceptors (Lipinski definition) is 3. The molecule has 0 heterocycles. The molecule has 3 heteroatoms. The largest absolute Gasteiger partial charge is 0.491 e. The quantitative estimate of drug-likeness (QED) is 0.805. The standard InChI is InChI=1S/C16H26N2O/c1-11(2)19-16-9-13(17)8-15(10-16)18-14-6-4-5-12(3)7-14/h8-12,14,18H,4-7,17H2,1-3H3. The Balaban J connectivity index is 2.04. The highest BCUT2D eigenvalue weighted by Crippen LogP contribution is 2.29. The van der Waals surface area contributed by atoms with Gasteiger partial charge in [0.15, 0.2) is 0 Å². The molecule has 2 rings (SSSR count). The van der Waals surface area contributed by atoms with E-state index in [0.717, 1.165) is 23.0 Å². The Morgan fingerprint density at radius 2 is 2.05 bits per heavy atom. The van der Waals surface area contributed by atoms with Crippen LogP contribution in [0.5, 0.6) is 5.75 Å². The Morgan fingerprint density at radius 3 is 2.74 bits per heavy atom. The van der Waals surface area contributed by atoms with Crippen LogP contribution in [0.25, 0.3) is 0 Å². The van der Waals surface area contributed by atoms with Crippen molar-refractivity contribution in [2.75, 3.05) is 11.1 Å². The van der Waals surface area contributed by atoms with Gasteiger partial charge < -0.3 is 15.8 Å². The van der Waals surface area contributed by atoms with Crippen molar-refractivity contribution in [2.24, 2.45) is 5.92 Å². The summed E-state index contributed by atoms with van der Waals surface area (Å²) in [5.41, 5.74) is 7.78. The molecule has 19 heavy (non-hydrogen) atoms. The van der Waals surface area contributed by atoms with Crippen molar-refractivity contribution in [1.29, 1.82) is 0 Å². The van der Waals surface area contributed by atoms with Gasteiger partial charge in [0.25, 0.3) is 0 Å². The molecule has 0 aromatic heterocycles. The average Bonchev–Trinajstić information content (AvgIpc) is 2.26. The first-order chi connectivity index (χ1) is 9.02. The minimum atomic E-state index is 0.171. The van der Waals surface area contributed by atoms with E-state index in [2.05, 4.69) is 18.3 Å². The van der Waals surface area contributed by atoms with Gasteiger partial charge in [-0.05, 0) is 38.7 Å². The summed E-state index contributed by atoms with van der Waals surface area (Å²) in [6.07, 6.45) is 5.34. The van der Waals surface area contributed by atoms with Gasteiger partial charge in [0.1, 0.15) is 5.75 Å². The van der Waals surface area contributed by atoms with Crippen LogP contribution in [0.3, 0.4) is 0 Å². The zero-order valence-corrected chi connectivity index (χ0v) is 12.3. The van der Waals surface area contributed by atoms with Gasteiger partial charge >= 0.3 is 0 Å². The number of rotatable bonds is 4. The summed E-state index contributed by atoms with van der Waals surface area (Å²) < 4.78 is 5.73. The van der Waals surface area contributed by atoms with Gasteiger partial charge in [0.2, 0.25) is 0 Å². The minimum absolute atomic E-state index is 0.171. The molecule has 1 aliphatic rings. The maximum atomic E-state index is 5.95. The SMILES string of the molecule is CC1CCCC(Nc2cc(N)cc(OC(C)C)c2)C1. The molecule has 0 radical (unpaired) electrons. The fourth-order valence-corrected chi connectivity index (χ4v) is 2.85. The number of nitrogens with two attached hydrogens (primary N) is 1. The van der Waals surface area contributed by atoms with Crippen LogP contribution in [0, 0.1) is 5.92 Å². The molecule has 1 aromatic rings. The molecule has 1 aliphatic carbocycles. The van der Waals surface area contributed by atoms with Crippen molar-refractivity contribution in [3.8, 4) is 5.75 Å². The lowest BCUT2D eigenvalue weighted by molar-refractivity contribution is 0.242. The molecule has 1 saturated carbocycles. The van der Waals surface area contributed by atoms with Crippen LogP contribution in [0.4, 0.5) is 11.4 Å². The second-order valence-electron chi connectivity index (χ2n) is 6.07. The second-order valence-corrected chi connectivity index (χ2v) is 6.07. The monoisotopic (exact) mass is 262 g/mol. The van der Waals surface area contributed by atoms with Gasteiger partial charge in [-0.3, -0.25) is 0 Å². The van der Waals surface area contributed by atoms with Gasteiger partial charge in [-0.15, -0.1) is 0 Å². The van der Waals surface area contributed by atoms with E-state index in [1.807, 2.05) is 26.0 Å². The van der Waals surface area contributed by atoms with Gasteiger partial charge in [-0.25, -0.2) is 0 Å². The number of nitrogen functional groups attached to an aromatic ring is 1. The first-order valence-corrected chi connectivity index (χ1v) is 7.36. The van der Waals surface area contributed by atoms with E-state index in [-0.39, 0.29) is 6.10 Å². The smallest absolute Gasteiger partial charge is 0.123 e. The molecular weight excluding hydrogens is 236 g/mol. The van der Waals surface area contributed by atoms with Crippen LogP contribution in [0.15, 0.2) is 18.2 Å². The van der Waals surface area contributed by atoms with Crippen molar-refractivity contribution in [3.05, 3.63) is 18.2 Å². The highest BCUT2D eigenvalue weighted by Gasteiger charge is 2.18. The molecule has 3 nitrogen and oxygen atoms in total. The van der Waals surface area contributed by atoms with Crippen molar-refractivity contribution in [1.82, 2.24) is 0 Å². The molecular formula is C16H26N2O. The third-order valence-corrected chi connectivity index (χ3v) is 3.61. The summed E-state index contributed by atoms with van der Waals surface area (Å²) in [6, 6.07) is 6.49. The fraction of sp³-hybridized carbons (Fsp3) is 0.625. The van der Waals surface area contributed by atoms with E-state index < -0.39 is 0 Å². The molecule has 0 saturated heterocycles. The Bertz CT molecular complexity index is 417. The lowest BCUT2D eigenvalue weighted by Crippen LogP contribution is -2.26. The van der Waals surface area contributed by atoms with Crippen LogP contribution < -0.4 is 15.8 Å². The predicted octanol–water partition coefficient (Wildman–Crippen LogP) is 4.05. The van der Waals surface area contributed by atoms with Gasteiger partial charge in [0.05, 0.1) is 6.10 Å². The van der Waals surface area contributed by atoms with Gasteiger partial charge in [-0.2, -0.15) is 0 Å². The number of ether oxygens (including phenoxy) is 1. The Labute approximate surface area is 116 Å². The highest BCUT2D eigenvalue weighted by atomic mass is 16.5. The molecule has 1 aromatic carbocycles. The van der Waals surface area contributed by atoms with E-state index in [0.29, 0.717) is 6.04 Å². The van der Waals surface area contributed by atoms with E-state index in [4.69, 9.17) is 10.5 Å². The molecule has 0 bridgehead atoms. The summed E-state index contributed by atoms with van der Waals surface area (Å²) >= 11 is 0. The molecule has 1 fully saturated rings. The summed E-state index contributed by atoms with van der Waals surface area (Å²) in [4.78, 5) is 0. The minimum Gasteiger partial charge on any atom is -0.491 e. The van der Waals surface area contributed by atoms with Crippen molar-refractivity contribution in [3.63, 3.8) is 0 Å². The Kier molecular flexibility index (Phi) is 4.56. The first kappa shape index (κ1) is 14.0. The van der Waals surface area contributed by atoms with Gasteiger partial charge in [-0.1, -0.05) is 19.8 Å². The van der Waals surface area contributed by atoms with E-state index in [1.165, 1.54) is 25.7 Å². The molecule has 106 valence electrons. The number of hydrogen-bond donors (Lipinski definition) is 2. The van der Waals surface area contributed by atoms with Crippen LogP contribution in [0.1, 0.15) is 46.5 Å². The van der Waals surface area contributed by atoms with Crippen LogP contribution in [0.2, 0.25) is 0 Å². The van der Waals surface area contributed by atoms with Crippen LogP contribution >= 0.6 is 0 Å². The summed E-state index contributed by atoms with van der Waals surface area (Å²) in [7, 11) is 0. The number of nitrogens with one attached hydrogen (secondary N) is 1. The normalized spacial score (nSPS) is 23.4.